The average Bonchev–Trinajstić information content (AvgIpc) is 2.15. The van der Waals surface area contributed by atoms with E-state index >= 15 is 0 Å². The number of halogens is 2. The van der Waals surface area contributed by atoms with E-state index in [0.717, 1.165) is 22.5 Å². The van der Waals surface area contributed by atoms with E-state index in [0.29, 0.717) is 5.02 Å². The third-order valence-corrected chi connectivity index (χ3v) is 5.48. The summed E-state index contributed by atoms with van der Waals surface area (Å²) in [5, 5.41) is 0.476. The second-order valence-corrected chi connectivity index (χ2v) is 6.54. The molecule has 0 atom stereocenters. The van der Waals surface area contributed by atoms with Crippen LogP contribution in [0.1, 0.15) is 4.88 Å². The van der Waals surface area contributed by atoms with Crippen molar-refractivity contribution in [1.82, 2.24) is 0 Å². The number of aryl methyl sites for hydroxylation is 1. The zero-order valence-electron chi connectivity index (χ0n) is 6.39. The predicted molar refractivity (Wildman–Crippen MR) is 52.2 cm³/mol. The Morgan fingerprint density at radius 1 is 1.25 bits per heavy atom. The fraction of sp³-hybridized carbons (Fsp3) is 0.333. The van der Waals surface area contributed by atoms with Gasteiger partial charge in [0.1, 0.15) is 4.21 Å². The Hall–Kier alpha value is 0.230. The van der Waals surface area contributed by atoms with Gasteiger partial charge in [0.2, 0.25) is 0 Å². The Balaban J connectivity index is 3.48. The molecule has 1 heterocycles. The molecule has 12 heavy (non-hydrogen) atoms. The van der Waals surface area contributed by atoms with Crippen LogP contribution in [0.3, 0.4) is 0 Å². The van der Waals surface area contributed by atoms with Crippen molar-refractivity contribution in [3.05, 3.63) is 14.9 Å². The van der Waals surface area contributed by atoms with Crippen molar-refractivity contribution >= 4 is 44.4 Å². The molecule has 0 unspecified atom stereocenters. The monoisotopic (exact) mass is 244 g/mol. The maximum atomic E-state index is 11.1. The molecule has 0 amide bonds. The predicted octanol–water partition coefficient (Wildman–Crippen LogP) is 2.77. The summed E-state index contributed by atoms with van der Waals surface area (Å²) in [6.07, 6.45) is 1.11. The van der Waals surface area contributed by atoms with Crippen molar-refractivity contribution in [2.24, 2.45) is 0 Å². The summed E-state index contributed by atoms with van der Waals surface area (Å²) in [5.41, 5.74) is 0. The first-order valence-corrected chi connectivity index (χ1v) is 6.45. The van der Waals surface area contributed by atoms with Gasteiger partial charge in [0.15, 0.2) is 9.84 Å². The van der Waals surface area contributed by atoms with Crippen molar-refractivity contribution in [3.63, 3.8) is 0 Å². The van der Waals surface area contributed by atoms with Crippen LogP contribution < -0.4 is 0 Å². The molecule has 1 aromatic heterocycles. The summed E-state index contributed by atoms with van der Waals surface area (Å²) in [4.78, 5) is 0.724. The summed E-state index contributed by atoms with van der Waals surface area (Å²) in [6, 6.07) is 0. The molecule has 0 saturated heterocycles. The van der Waals surface area contributed by atoms with E-state index in [-0.39, 0.29) is 9.23 Å². The zero-order chi connectivity index (χ0) is 9.52. The van der Waals surface area contributed by atoms with Crippen LogP contribution in [0.2, 0.25) is 10.0 Å². The highest BCUT2D eigenvalue weighted by Crippen LogP contribution is 2.38. The molecule has 0 N–H and O–H groups in total. The van der Waals surface area contributed by atoms with E-state index in [2.05, 4.69) is 0 Å². The van der Waals surface area contributed by atoms with Gasteiger partial charge in [-0.15, -0.1) is 11.3 Å². The maximum absolute atomic E-state index is 11.1. The molecule has 0 radical (unpaired) electrons. The van der Waals surface area contributed by atoms with Crippen molar-refractivity contribution in [2.45, 2.75) is 11.1 Å². The lowest BCUT2D eigenvalue weighted by molar-refractivity contribution is 0.604. The van der Waals surface area contributed by atoms with E-state index in [1.54, 1.807) is 6.92 Å². The van der Waals surface area contributed by atoms with Crippen LogP contribution in [-0.4, -0.2) is 14.7 Å². The van der Waals surface area contributed by atoms with E-state index in [9.17, 15) is 8.42 Å². The summed E-state index contributed by atoms with van der Waals surface area (Å²) < 4.78 is 22.3. The summed E-state index contributed by atoms with van der Waals surface area (Å²) in [7, 11) is -3.23. The molecular weight excluding hydrogens is 239 g/mol. The second-order valence-electron chi connectivity index (χ2n) is 2.35. The standard InChI is InChI=1S/C6H6Cl2O2S2/c1-3-4(7)5(8)6(11-3)12(2,9)10/h1-2H3. The molecule has 0 saturated carbocycles. The molecule has 0 fully saturated rings. The number of sulfone groups is 1. The van der Waals surface area contributed by atoms with Crippen LogP contribution in [0.5, 0.6) is 0 Å². The van der Waals surface area contributed by atoms with Gasteiger partial charge >= 0.3 is 0 Å². The Bertz CT molecular complexity index is 405. The fourth-order valence-corrected chi connectivity index (χ4v) is 3.84. The molecule has 6 heteroatoms. The van der Waals surface area contributed by atoms with Gasteiger partial charge in [0, 0.05) is 11.1 Å². The Morgan fingerprint density at radius 2 is 1.75 bits per heavy atom. The summed E-state index contributed by atoms with van der Waals surface area (Å²) >= 11 is 12.5. The van der Waals surface area contributed by atoms with Crippen molar-refractivity contribution in [1.29, 1.82) is 0 Å². The van der Waals surface area contributed by atoms with E-state index in [1.165, 1.54) is 0 Å². The van der Waals surface area contributed by atoms with Gasteiger partial charge in [-0.25, -0.2) is 8.42 Å². The van der Waals surface area contributed by atoms with Crippen LogP contribution in [0.15, 0.2) is 4.21 Å². The smallest absolute Gasteiger partial charge is 0.186 e. The molecule has 0 aromatic carbocycles. The highest BCUT2D eigenvalue weighted by molar-refractivity contribution is 7.92. The van der Waals surface area contributed by atoms with Gasteiger partial charge < -0.3 is 0 Å². The quantitative estimate of drug-likeness (QED) is 0.762. The lowest BCUT2D eigenvalue weighted by Gasteiger charge is -1.91. The van der Waals surface area contributed by atoms with Gasteiger partial charge in [0.25, 0.3) is 0 Å². The maximum Gasteiger partial charge on any atom is 0.186 e. The number of hydrogen-bond acceptors (Lipinski definition) is 3. The lowest BCUT2D eigenvalue weighted by atomic mass is 10.5. The number of rotatable bonds is 1. The molecule has 68 valence electrons. The van der Waals surface area contributed by atoms with Gasteiger partial charge in [-0.05, 0) is 6.92 Å². The molecule has 0 spiro atoms. The van der Waals surface area contributed by atoms with Gasteiger partial charge in [0.05, 0.1) is 10.0 Å². The summed E-state index contributed by atoms with van der Waals surface area (Å²) in [6.45, 7) is 1.73. The topological polar surface area (TPSA) is 34.1 Å². The first-order chi connectivity index (χ1) is 5.34. The Kier molecular flexibility index (Phi) is 2.73. The van der Waals surface area contributed by atoms with Gasteiger partial charge in [-0.1, -0.05) is 23.2 Å². The SMILES string of the molecule is Cc1sc(S(C)(=O)=O)c(Cl)c1Cl. The first-order valence-electron chi connectivity index (χ1n) is 2.98. The molecule has 1 aromatic rings. The van der Waals surface area contributed by atoms with E-state index < -0.39 is 9.84 Å². The van der Waals surface area contributed by atoms with Crippen LogP contribution >= 0.6 is 34.5 Å². The van der Waals surface area contributed by atoms with Crippen molar-refractivity contribution in [3.8, 4) is 0 Å². The third kappa shape index (κ3) is 1.76. The highest BCUT2D eigenvalue weighted by Gasteiger charge is 2.19. The van der Waals surface area contributed by atoms with Crippen LogP contribution in [0, 0.1) is 6.92 Å². The van der Waals surface area contributed by atoms with Crippen molar-refractivity contribution < 1.29 is 8.42 Å². The van der Waals surface area contributed by atoms with E-state index in [4.69, 9.17) is 23.2 Å². The first kappa shape index (κ1) is 10.3. The minimum Gasteiger partial charge on any atom is -0.223 e. The minimum absolute atomic E-state index is 0.140. The minimum atomic E-state index is -3.23. The molecule has 2 nitrogen and oxygen atoms in total. The molecule has 0 aliphatic carbocycles. The average molecular weight is 245 g/mol. The summed E-state index contributed by atoms with van der Waals surface area (Å²) in [5.74, 6) is 0. The van der Waals surface area contributed by atoms with Crippen molar-refractivity contribution in [2.75, 3.05) is 6.26 Å². The van der Waals surface area contributed by atoms with Gasteiger partial charge in [-0.3, -0.25) is 0 Å². The van der Waals surface area contributed by atoms with E-state index in [1.807, 2.05) is 0 Å². The number of hydrogen-bond donors (Lipinski definition) is 0. The molecule has 0 aliphatic rings. The van der Waals surface area contributed by atoms with Crippen LogP contribution in [-0.2, 0) is 9.84 Å². The second kappa shape index (κ2) is 3.18. The Labute approximate surface area is 85.0 Å². The third-order valence-electron chi connectivity index (χ3n) is 1.26. The highest BCUT2D eigenvalue weighted by atomic mass is 35.5. The molecule has 0 bridgehead atoms. The Morgan fingerprint density at radius 3 is 1.92 bits per heavy atom. The normalized spacial score (nSPS) is 12.0. The van der Waals surface area contributed by atoms with Crippen LogP contribution in [0.25, 0.3) is 0 Å². The largest absolute Gasteiger partial charge is 0.223 e. The zero-order valence-corrected chi connectivity index (χ0v) is 9.53. The lowest BCUT2D eigenvalue weighted by Crippen LogP contribution is -1.93. The fourth-order valence-electron chi connectivity index (χ4n) is 0.711. The number of thiophene rings is 1. The molecule has 0 aliphatic heterocycles. The van der Waals surface area contributed by atoms with Gasteiger partial charge in [-0.2, -0.15) is 0 Å². The van der Waals surface area contributed by atoms with Crippen LogP contribution in [0.4, 0.5) is 0 Å². The molecular formula is C6H6Cl2O2S2. The molecule has 1 rings (SSSR count).